The second-order valence-corrected chi connectivity index (χ2v) is 16.5. The standard InChI is InChI=1S/C26H50O4.C24H46O4/c1-3-5-7-9-11-13-15-19-23-29-25(27)21-17-18-22-26(28)30-24-20-16-14-12-10-8-6-4-2;1-3-5-7-9-11-12-14-18-22-28-24(26)20-16-15-19-23(25)27-21-17-13-10-8-6-4-2/h3-24H2,1-2H3;3-22H2,1-2H3. The third kappa shape index (κ3) is 51.9. The average Bonchev–Trinajstić information content (AvgIpc) is 3.22. The Morgan fingerprint density at radius 3 is 0.552 bits per heavy atom. The van der Waals surface area contributed by atoms with Crippen molar-refractivity contribution >= 4 is 23.9 Å². The van der Waals surface area contributed by atoms with Crippen LogP contribution in [0.25, 0.3) is 0 Å². The maximum Gasteiger partial charge on any atom is 0.305 e. The zero-order chi connectivity index (χ0) is 42.8. The highest BCUT2D eigenvalue weighted by Crippen LogP contribution is 2.12. The molecule has 0 spiro atoms. The van der Waals surface area contributed by atoms with Gasteiger partial charge in [0.15, 0.2) is 0 Å². The van der Waals surface area contributed by atoms with Gasteiger partial charge >= 0.3 is 23.9 Å². The van der Waals surface area contributed by atoms with Gasteiger partial charge in [0.2, 0.25) is 0 Å². The van der Waals surface area contributed by atoms with Crippen LogP contribution in [0.4, 0.5) is 0 Å². The molecule has 0 fully saturated rings. The van der Waals surface area contributed by atoms with Gasteiger partial charge in [-0.05, 0) is 51.4 Å². The molecule has 0 radical (unpaired) electrons. The maximum absolute atomic E-state index is 11.7. The molecule has 0 bridgehead atoms. The van der Waals surface area contributed by atoms with Gasteiger partial charge in [0.1, 0.15) is 0 Å². The lowest BCUT2D eigenvalue weighted by Crippen LogP contribution is -2.08. The van der Waals surface area contributed by atoms with Gasteiger partial charge in [0.25, 0.3) is 0 Å². The predicted octanol–water partition coefficient (Wildman–Crippen LogP) is 15.0. The van der Waals surface area contributed by atoms with Crippen molar-refractivity contribution in [3.05, 3.63) is 0 Å². The first-order chi connectivity index (χ1) is 28.4. The van der Waals surface area contributed by atoms with Crippen LogP contribution < -0.4 is 0 Å². The molecule has 0 aliphatic carbocycles. The monoisotopic (exact) mass is 825 g/mol. The molecule has 8 heteroatoms. The van der Waals surface area contributed by atoms with Crippen molar-refractivity contribution in [3.8, 4) is 0 Å². The lowest BCUT2D eigenvalue weighted by atomic mass is 10.1. The highest BCUT2D eigenvalue weighted by molar-refractivity contribution is 5.71. The molecular formula is C50H96O8. The van der Waals surface area contributed by atoms with E-state index in [1.165, 1.54) is 141 Å². The van der Waals surface area contributed by atoms with Gasteiger partial charge in [-0.3, -0.25) is 19.2 Å². The first-order valence-corrected chi connectivity index (χ1v) is 25.0. The number of hydrogen-bond acceptors (Lipinski definition) is 8. The Labute approximate surface area is 359 Å². The zero-order valence-corrected chi connectivity index (χ0v) is 39.0. The van der Waals surface area contributed by atoms with Crippen LogP contribution in [0.15, 0.2) is 0 Å². The first kappa shape index (κ1) is 58.0. The van der Waals surface area contributed by atoms with Crippen molar-refractivity contribution in [1.29, 1.82) is 0 Å². The van der Waals surface area contributed by atoms with Crippen molar-refractivity contribution in [2.75, 3.05) is 26.4 Å². The largest absolute Gasteiger partial charge is 0.466 e. The summed E-state index contributed by atoms with van der Waals surface area (Å²) in [7, 11) is 0. The van der Waals surface area contributed by atoms with E-state index < -0.39 is 0 Å². The van der Waals surface area contributed by atoms with Gasteiger partial charge in [0.05, 0.1) is 26.4 Å². The zero-order valence-electron chi connectivity index (χ0n) is 39.0. The van der Waals surface area contributed by atoms with E-state index in [1.54, 1.807) is 0 Å². The van der Waals surface area contributed by atoms with E-state index in [4.69, 9.17) is 18.9 Å². The first-order valence-electron chi connectivity index (χ1n) is 25.0. The fourth-order valence-corrected chi connectivity index (χ4v) is 6.70. The third-order valence-electron chi connectivity index (χ3n) is 10.6. The van der Waals surface area contributed by atoms with Gasteiger partial charge in [-0.25, -0.2) is 0 Å². The van der Waals surface area contributed by atoms with Gasteiger partial charge in [-0.2, -0.15) is 0 Å². The molecule has 0 saturated carbocycles. The van der Waals surface area contributed by atoms with Crippen molar-refractivity contribution in [2.24, 2.45) is 0 Å². The summed E-state index contributed by atoms with van der Waals surface area (Å²) in [6, 6.07) is 0. The normalized spacial score (nSPS) is 10.8. The predicted molar refractivity (Wildman–Crippen MR) is 242 cm³/mol. The minimum Gasteiger partial charge on any atom is -0.466 e. The lowest BCUT2D eigenvalue weighted by Gasteiger charge is -2.06. The van der Waals surface area contributed by atoms with Gasteiger partial charge < -0.3 is 18.9 Å². The molecule has 58 heavy (non-hydrogen) atoms. The van der Waals surface area contributed by atoms with Crippen molar-refractivity contribution in [1.82, 2.24) is 0 Å². The van der Waals surface area contributed by atoms with Gasteiger partial charge in [-0.15, -0.1) is 0 Å². The van der Waals surface area contributed by atoms with Crippen LogP contribution in [0.2, 0.25) is 0 Å². The summed E-state index contributed by atoms with van der Waals surface area (Å²) in [5.41, 5.74) is 0. The van der Waals surface area contributed by atoms with Gasteiger partial charge in [-0.1, -0.05) is 195 Å². The molecule has 344 valence electrons. The Bertz CT molecular complexity index is 840. The molecule has 0 aromatic carbocycles. The van der Waals surface area contributed by atoms with E-state index in [0.717, 1.165) is 51.4 Å². The number of ether oxygens (including phenoxy) is 4. The molecule has 0 unspecified atom stereocenters. The van der Waals surface area contributed by atoms with E-state index >= 15 is 0 Å². The highest BCUT2D eigenvalue weighted by atomic mass is 16.5. The molecule has 0 aliphatic heterocycles. The Balaban J connectivity index is 0. The molecule has 8 nitrogen and oxygen atoms in total. The third-order valence-corrected chi connectivity index (χ3v) is 10.6. The van der Waals surface area contributed by atoms with E-state index in [0.29, 0.717) is 77.8 Å². The second kappa shape index (κ2) is 51.0. The van der Waals surface area contributed by atoms with Crippen LogP contribution >= 0.6 is 0 Å². The summed E-state index contributed by atoms with van der Waals surface area (Å²) in [6.45, 7) is 11.1. The number of carbonyl (C=O) groups excluding carboxylic acids is 4. The van der Waals surface area contributed by atoms with Crippen molar-refractivity contribution in [3.63, 3.8) is 0 Å². The molecular weight excluding hydrogens is 729 g/mol. The summed E-state index contributed by atoms with van der Waals surface area (Å²) >= 11 is 0. The Morgan fingerprint density at radius 2 is 0.379 bits per heavy atom. The van der Waals surface area contributed by atoms with Crippen LogP contribution in [-0.2, 0) is 38.1 Å². The summed E-state index contributed by atoms with van der Waals surface area (Å²) < 4.78 is 21.0. The SMILES string of the molecule is CCCCCCCCCCOC(=O)CCCCC(=O)OCCCCCCCC.CCCCCCCCCCOC(=O)CCCCC(=O)OCCCCCCCCCC. The van der Waals surface area contributed by atoms with Crippen LogP contribution in [0.3, 0.4) is 0 Å². The number of hydrogen-bond donors (Lipinski definition) is 0. The minimum atomic E-state index is -0.138. The molecule has 0 rings (SSSR count). The molecule has 0 amide bonds. The van der Waals surface area contributed by atoms with E-state index in [-0.39, 0.29) is 23.9 Å². The van der Waals surface area contributed by atoms with E-state index in [1.807, 2.05) is 0 Å². The molecule has 0 aliphatic rings. The average molecular weight is 825 g/mol. The van der Waals surface area contributed by atoms with Crippen LogP contribution in [0.5, 0.6) is 0 Å². The van der Waals surface area contributed by atoms with E-state index in [2.05, 4.69) is 27.7 Å². The smallest absolute Gasteiger partial charge is 0.305 e. The summed E-state index contributed by atoms with van der Waals surface area (Å²) in [4.78, 5) is 46.7. The second-order valence-electron chi connectivity index (χ2n) is 16.5. The van der Waals surface area contributed by atoms with Crippen molar-refractivity contribution in [2.45, 2.75) is 272 Å². The molecule has 0 atom stereocenters. The number of unbranched alkanes of at least 4 members (excludes halogenated alkanes) is 28. The highest BCUT2D eigenvalue weighted by Gasteiger charge is 2.08. The molecule has 0 heterocycles. The molecule has 0 N–H and O–H groups in total. The fourth-order valence-electron chi connectivity index (χ4n) is 6.70. The Hall–Kier alpha value is -2.12. The van der Waals surface area contributed by atoms with Gasteiger partial charge in [0, 0.05) is 25.7 Å². The van der Waals surface area contributed by atoms with Crippen LogP contribution in [0.1, 0.15) is 272 Å². The molecule has 0 aromatic heterocycles. The quantitative estimate of drug-likeness (QED) is 0.0340. The number of rotatable bonds is 44. The number of esters is 4. The van der Waals surface area contributed by atoms with Crippen molar-refractivity contribution < 1.29 is 38.1 Å². The summed E-state index contributed by atoms with van der Waals surface area (Å²) in [6.07, 6.45) is 41.4. The minimum absolute atomic E-state index is 0.134. The fraction of sp³-hybridized carbons (Fsp3) is 0.920. The summed E-state index contributed by atoms with van der Waals surface area (Å²) in [5.74, 6) is -0.542. The molecule has 0 saturated heterocycles. The summed E-state index contributed by atoms with van der Waals surface area (Å²) in [5, 5.41) is 0. The topological polar surface area (TPSA) is 105 Å². The van der Waals surface area contributed by atoms with Crippen LogP contribution in [-0.4, -0.2) is 50.3 Å². The van der Waals surface area contributed by atoms with E-state index in [9.17, 15) is 19.2 Å². The Kier molecular flexibility index (Phi) is 51.0. The van der Waals surface area contributed by atoms with Crippen LogP contribution in [0, 0.1) is 0 Å². The lowest BCUT2D eigenvalue weighted by molar-refractivity contribution is -0.146. The Morgan fingerprint density at radius 1 is 0.224 bits per heavy atom. The number of carbonyl (C=O) groups is 4. The molecule has 0 aromatic rings. The maximum atomic E-state index is 11.7.